The van der Waals surface area contributed by atoms with Crippen LogP contribution in [0.15, 0.2) is 5.11 Å². The Hall–Kier alpha value is -1.46. The Kier molecular flexibility index (Phi) is 5.44. The van der Waals surface area contributed by atoms with E-state index in [4.69, 9.17) is 10.3 Å². The van der Waals surface area contributed by atoms with E-state index in [1.54, 1.807) is 4.90 Å². The molecule has 1 atom stereocenters. The molecular weight excluding hydrogens is 248 g/mol. The van der Waals surface area contributed by atoms with Gasteiger partial charge in [-0.2, -0.15) is 0 Å². The van der Waals surface area contributed by atoms with Gasteiger partial charge in [-0.1, -0.05) is 5.11 Å². The Balaban J connectivity index is 2.40. The summed E-state index contributed by atoms with van der Waals surface area (Å²) in [6.07, 6.45) is 0.454. The molecule has 0 unspecified atom stereocenters. The third-order valence-electron chi connectivity index (χ3n) is 3.07. The number of carbonyl (C=O) groups excluding carboxylic acids is 1. The van der Waals surface area contributed by atoms with Gasteiger partial charge < -0.3 is 14.7 Å². The standard InChI is InChI=1S/C12H22N4O3/c1-12(2,3)19-11(18)16-6-4-9(5-7-16)10(17)8-14-15-13/h9-10,17H,4-8H2,1-3H3/t10-/m0/s1. The lowest BCUT2D eigenvalue weighted by Crippen LogP contribution is -2.44. The van der Waals surface area contributed by atoms with Crippen molar-refractivity contribution >= 4 is 6.09 Å². The van der Waals surface area contributed by atoms with E-state index in [-0.39, 0.29) is 18.6 Å². The van der Waals surface area contributed by atoms with E-state index in [9.17, 15) is 9.90 Å². The molecule has 1 heterocycles. The lowest BCUT2D eigenvalue weighted by atomic mass is 9.91. The van der Waals surface area contributed by atoms with Crippen LogP contribution >= 0.6 is 0 Å². The second-order valence-electron chi connectivity index (χ2n) is 5.79. The van der Waals surface area contributed by atoms with Crippen LogP contribution in [0.2, 0.25) is 0 Å². The summed E-state index contributed by atoms with van der Waals surface area (Å²) >= 11 is 0. The third kappa shape index (κ3) is 5.36. The number of carbonyl (C=O) groups is 1. The number of nitrogens with zero attached hydrogens (tertiary/aromatic N) is 4. The Labute approximate surface area is 113 Å². The van der Waals surface area contributed by atoms with E-state index in [1.165, 1.54) is 0 Å². The molecule has 1 aliphatic heterocycles. The van der Waals surface area contributed by atoms with Crippen LogP contribution in [0.3, 0.4) is 0 Å². The van der Waals surface area contributed by atoms with Crippen molar-refractivity contribution in [3.63, 3.8) is 0 Å². The highest BCUT2D eigenvalue weighted by Crippen LogP contribution is 2.22. The SMILES string of the molecule is CC(C)(C)OC(=O)N1CCC([C@@H](O)CN=[N+]=[N-])CC1. The smallest absolute Gasteiger partial charge is 0.410 e. The normalized spacial score (nSPS) is 18.6. The zero-order chi connectivity index (χ0) is 14.5. The maximum Gasteiger partial charge on any atom is 0.410 e. The van der Waals surface area contributed by atoms with Crippen molar-refractivity contribution in [2.45, 2.75) is 45.3 Å². The number of ether oxygens (including phenoxy) is 1. The molecule has 7 heteroatoms. The summed E-state index contributed by atoms with van der Waals surface area (Å²) in [6, 6.07) is 0. The molecule has 7 nitrogen and oxygen atoms in total. The lowest BCUT2D eigenvalue weighted by Gasteiger charge is -2.34. The number of rotatable bonds is 3. The predicted octanol–water partition coefficient (Wildman–Crippen LogP) is 2.30. The van der Waals surface area contributed by atoms with Gasteiger partial charge in [-0.05, 0) is 45.1 Å². The van der Waals surface area contributed by atoms with Crippen LogP contribution in [-0.4, -0.2) is 47.4 Å². The van der Waals surface area contributed by atoms with Crippen molar-refractivity contribution in [2.24, 2.45) is 11.0 Å². The van der Waals surface area contributed by atoms with Crippen LogP contribution in [0.4, 0.5) is 4.79 Å². The van der Waals surface area contributed by atoms with E-state index < -0.39 is 11.7 Å². The van der Waals surface area contributed by atoms with Crippen LogP contribution in [0.25, 0.3) is 10.4 Å². The van der Waals surface area contributed by atoms with Gasteiger partial charge in [0.25, 0.3) is 0 Å². The summed E-state index contributed by atoms with van der Waals surface area (Å²) in [4.78, 5) is 16.1. The van der Waals surface area contributed by atoms with Gasteiger partial charge in [0.05, 0.1) is 12.6 Å². The quantitative estimate of drug-likeness (QED) is 0.484. The zero-order valence-electron chi connectivity index (χ0n) is 11.7. The lowest BCUT2D eigenvalue weighted by molar-refractivity contribution is 0.00903. The Morgan fingerprint density at radius 3 is 2.58 bits per heavy atom. The molecule has 1 amide bonds. The van der Waals surface area contributed by atoms with Crippen molar-refractivity contribution in [1.82, 2.24) is 4.90 Å². The van der Waals surface area contributed by atoms with E-state index in [0.29, 0.717) is 25.9 Å². The van der Waals surface area contributed by atoms with E-state index in [1.807, 2.05) is 20.8 Å². The van der Waals surface area contributed by atoms with Crippen LogP contribution < -0.4 is 0 Å². The number of likely N-dealkylation sites (tertiary alicyclic amines) is 1. The average molecular weight is 270 g/mol. The summed E-state index contributed by atoms with van der Waals surface area (Å²) in [5, 5.41) is 13.2. The Morgan fingerprint density at radius 1 is 1.53 bits per heavy atom. The number of hydrogen-bond acceptors (Lipinski definition) is 4. The molecule has 1 aliphatic rings. The number of azide groups is 1. The van der Waals surface area contributed by atoms with Crippen molar-refractivity contribution in [3.05, 3.63) is 10.4 Å². The Bertz CT molecular complexity index is 352. The van der Waals surface area contributed by atoms with Crippen molar-refractivity contribution in [1.29, 1.82) is 0 Å². The Morgan fingerprint density at radius 2 is 2.11 bits per heavy atom. The summed E-state index contributed by atoms with van der Waals surface area (Å²) < 4.78 is 5.30. The van der Waals surface area contributed by atoms with Gasteiger partial charge in [0.15, 0.2) is 0 Å². The maximum absolute atomic E-state index is 11.8. The van der Waals surface area contributed by atoms with E-state index in [0.717, 1.165) is 0 Å². The predicted molar refractivity (Wildman–Crippen MR) is 70.6 cm³/mol. The number of piperidine rings is 1. The number of amides is 1. The van der Waals surface area contributed by atoms with Gasteiger partial charge in [-0.15, -0.1) is 0 Å². The molecule has 0 bridgehead atoms. The maximum atomic E-state index is 11.8. The zero-order valence-corrected chi connectivity index (χ0v) is 11.7. The number of hydrogen-bond donors (Lipinski definition) is 1. The van der Waals surface area contributed by atoms with Crippen LogP contribution in [0.1, 0.15) is 33.6 Å². The molecule has 1 saturated heterocycles. The molecule has 0 radical (unpaired) electrons. The number of aliphatic hydroxyl groups is 1. The van der Waals surface area contributed by atoms with Crippen LogP contribution in [0.5, 0.6) is 0 Å². The van der Waals surface area contributed by atoms with Crippen molar-refractivity contribution in [3.8, 4) is 0 Å². The molecule has 108 valence electrons. The summed E-state index contributed by atoms with van der Waals surface area (Å²) in [5.74, 6) is 0.0733. The van der Waals surface area contributed by atoms with Gasteiger partial charge in [0, 0.05) is 18.0 Å². The first-order valence-corrected chi connectivity index (χ1v) is 6.50. The highest BCUT2D eigenvalue weighted by atomic mass is 16.6. The van der Waals surface area contributed by atoms with Crippen molar-refractivity contribution < 1.29 is 14.6 Å². The monoisotopic (exact) mass is 270 g/mol. The first-order chi connectivity index (χ1) is 8.83. The molecule has 1 N–H and O–H groups in total. The van der Waals surface area contributed by atoms with Gasteiger partial charge in [-0.3, -0.25) is 0 Å². The molecular formula is C12H22N4O3. The van der Waals surface area contributed by atoms with Gasteiger partial charge in [0.2, 0.25) is 0 Å². The largest absolute Gasteiger partial charge is 0.444 e. The molecule has 0 aromatic heterocycles. The van der Waals surface area contributed by atoms with Crippen LogP contribution in [0, 0.1) is 5.92 Å². The summed E-state index contributed by atoms with van der Waals surface area (Å²) in [7, 11) is 0. The second-order valence-corrected chi connectivity index (χ2v) is 5.79. The average Bonchev–Trinajstić information content (AvgIpc) is 2.34. The minimum absolute atomic E-state index is 0.0733. The first kappa shape index (κ1) is 15.6. The fourth-order valence-electron chi connectivity index (χ4n) is 2.06. The minimum Gasteiger partial charge on any atom is -0.444 e. The van der Waals surface area contributed by atoms with Gasteiger partial charge in [-0.25, -0.2) is 4.79 Å². The topological polar surface area (TPSA) is 98.5 Å². The van der Waals surface area contributed by atoms with Crippen molar-refractivity contribution in [2.75, 3.05) is 19.6 Å². The second kappa shape index (κ2) is 6.63. The molecule has 0 aromatic rings. The minimum atomic E-state index is -0.628. The van der Waals surface area contributed by atoms with E-state index in [2.05, 4.69) is 10.0 Å². The van der Waals surface area contributed by atoms with E-state index >= 15 is 0 Å². The fraction of sp³-hybridized carbons (Fsp3) is 0.917. The molecule has 0 aliphatic carbocycles. The highest BCUT2D eigenvalue weighted by molar-refractivity contribution is 5.68. The molecule has 0 aromatic carbocycles. The molecule has 1 fully saturated rings. The number of aliphatic hydroxyl groups excluding tert-OH is 1. The molecule has 0 spiro atoms. The highest BCUT2D eigenvalue weighted by Gasteiger charge is 2.29. The third-order valence-corrected chi connectivity index (χ3v) is 3.07. The summed E-state index contributed by atoms with van der Waals surface area (Å²) in [6.45, 7) is 6.72. The molecule has 19 heavy (non-hydrogen) atoms. The van der Waals surface area contributed by atoms with Crippen LogP contribution in [-0.2, 0) is 4.74 Å². The summed E-state index contributed by atoms with van der Waals surface area (Å²) in [5.41, 5.74) is 7.72. The first-order valence-electron chi connectivity index (χ1n) is 6.50. The van der Waals surface area contributed by atoms with Gasteiger partial charge in [0.1, 0.15) is 5.60 Å². The molecule has 1 rings (SSSR count). The van der Waals surface area contributed by atoms with Gasteiger partial charge >= 0.3 is 6.09 Å². The fourth-order valence-corrected chi connectivity index (χ4v) is 2.06. The molecule has 0 saturated carbocycles.